The molecule has 4 nitrogen and oxygen atoms in total. The molecule has 0 spiro atoms. The number of halogens is 1. The second kappa shape index (κ2) is 2.17. The lowest BCUT2D eigenvalue weighted by Gasteiger charge is -2.17. The van der Waals surface area contributed by atoms with Crippen molar-refractivity contribution in [1.82, 2.24) is 14.0 Å². The third-order valence-corrected chi connectivity index (χ3v) is 1.73. The first kappa shape index (κ1) is 6.54. The zero-order valence-electron chi connectivity index (χ0n) is 5.61. The number of hydrogen-bond donors (Lipinski definition) is 1. The van der Waals surface area contributed by atoms with Gasteiger partial charge in [-0.15, -0.1) is 0 Å². The van der Waals surface area contributed by atoms with Crippen molar-refractivity contribution < 1.29 is 5.11 Å². The van der Waals surface area contributed by atoms with Gasteiger partial charge < -0.3 is 5.11 Å². The van der Waals surface area contributed by atoms with Crippen molar-refractivity contribution in [3.8, 4) is 0 Å². The van der Waals surface area contributed by atoms with E-state index in [1.165, 1.54) is 10.6 Å². The van der Waals surface area contributed by atoms with Crippen LogP contribution in [0.25, 0.3) is 5.88 Å². The second-order valence-electron chi connectivity index (χ2n) is 2.26. The zero-order chi connectivity index (χ0) is 7.84. The van der Waals surface area contributed by atoms with Gasteiger partial charge in [0.05, 0.1) is 12.7 Å². The SMILES string of the molecule is OC1=CN(Cl)Cc2nccn21. The number of aliphatic hydroxyl groups is 1. The van der Waals surface area contributed by atoms with Crippen LogP contribution in [0.4, 0.5) is 0 Å². The Balaban J connectivity index is 2.50. The molecule has 5 heteroatoms. The van der Waals surface area contributed by atoms with E-state index >= 15 is 0 Å². The van der Waals surface area contributed by atoms with Crippen LogP contribution >= 0.6 is 11.8 Å². The first-order valence-corrected chi connectivity index (χ1v) is 3.47. The van der Waals surface area contributed by atoms with E-state index in [0.29, 0.717) is 6.54 Å². The zero-order valence-corrected chi connectivity index (χ0v) is 6.36. The minimum absolute atomic E-state index is 0.0961. The molecule has 1 aliphatic heterocycles. The van der Waals surface area contributed by atoms with Crippen LogP contribution in [0.15, 0.2) is 18.6 Å². The molecule has 11 heavy (non-hydrogen) atoms. The molecule has 1 aliphatic rings. The minimum Gasteiger partial charge on any atom is -0.493 e. The van der Waals surface area contributed by atoms with Crippen molar-refractivity contribution in [2.75, 3.05) is 0 Å². The van der Waals surface area contributed by atoms with Crippen LogP contribution in [-0.4, -0.2) is 19.1 Å². The van der Waals surface area contributed by atoms with Crippen LogP contribution in [0.5, 0.6) is 0 Å². The summed E-state index contributed by atoms with van der Waals surface area (Å²) in [4.78, 5) is 3.99. The summed E-state index contributed by atoms with van der Waals surface area (Å²) in [6.07, 6.45) is 4.75. The largest absolute Gasteiger partial charge is 0.493 e. The molecule has 0 fully saturated rings. The Morgan fingerprint density at radius 2 is 2.45 bits per heavy atom. The van der Waals surface area contributed by atoms with Crippen LogP contribution in [0.2, 0.25) is 0 Å². The molecule has 0 aromatic carbocycles. The van der Waals surface area contributed by atoms with Crippen LogP contribution < -0.4 is 0 Å². The predicted molar refractivity (Wildman–Crippen MR) is 40.5 cm³/mol. The van der Waals surface area contributed by atoms with E-state index in [0.717, 1.165) is 5.82 Å². The van der Waals surface area contributed by atoms with E-state index in [9.17, 15) is 5.11 Å². The summed E-state index contributed by atoms with van der Waals surface area (Å²) in [6.45, 7) is 0.513. The monoisotopic (exact) mass is 171 g/mol. The summed E-state index contributed by atoms with van der Waals surface area (Å²) in [5.41, 5.74) is 0. The molecular formula is C6H6ClN3O. The van der Waals surface area contributed by atoms with Crippen molar-refractivity contribution in [1.29, 1.82) is 0 Å². The fourth-order valence-electron chi connectivity index (χ4n) is 1.03. The molecule has 58 valence electrons. The van der Waals surface area contributed by atoms with E-state index < -0.39 is 0 Å². The Bertz CT molecular complexity index is 307. The van der Waals surface area contributed by atoms with Gasteiger partial charge in [0, 0.05) is 24.2 Å². The predicted octanol–water partition coefficient (Wildman–Crippen LogP) is 1.17. The Kier molecular flexibility index (Phi) is 1.29. The molecule has 0 radical (unpaired) electrons. The summed E-state index contributed by atoms with van der Waals surface area (Å²) in [5.74, 6) is 0.832. The maximum Gasteiger partial charge on any atom is 0.214 e. The molecular weight excluding hydrogens is 166 g/mol. The van der Waals surface area contributed by atoms with Gasteiger partial charge in [0.2, 0.25) is 5.88 Å². The molecule has 1 aromatic heterocycles. The first-order chi connectivity index (χ1) is 5.27. The molecule has 1 N–H and O–H groups in total. The smallest absolute Gasteiger partial charge is 0.214 e. The maximum atomic E-state index is 9.28. The van der Waals surface area contributed by atoms with Crippen molar-refractivity contribution in [2.45, 2.75) is 6.54 Å². The van der Waals surface area contributed by atoms with Gasteiger partial charge in [0.1, 0.15) is 5.82 Å². The van der Waals surface area contributed by atoms with Gasteiger partial charge in [0.25, 0.3) is 0 Å². The summed E-state index contributed by atoms with van der Waals surface area (Å²) >= 11 is 5.64. The molecule has 0 unspecified atom stereocenters. The summed E-state index contributed by atoms with van der Waals surface area (Å²) in [5, 5.41) is 9.28. The number of fused-ring (bicyclic) bond motifs is 1. The molecule has 0 bridgehead atoms. The lowest BCUT2D eigenvalue weighted by Crippen LogP contribution is -2.17. The fourth-order valence-corrected chi connectivity index (χ4v) is 1.22. The highest BCUT2D eigenvalue weighted by Crippen LogP contribution is 2.16. The van der Waals surface area contributed by atoms with Crippen LogP contribution in [0.3, 0.4) is 0 Å². The van der Waals surface area contributed by atoms with Gasteiger partial charge in [-0.25, -0.2) is 4.98 Å². The van der Waals surface area contributed by atoms with Crippen LogP contribution in [-0.2, 0) is 6.54 Å². The first-order valence-electron chi connectivity index (χ1n) is 3.13. The molecule has 0 amide bonds. The standard InChI is InChI=1S/C6H6ClN3O/c7-9-3-5-8-1-2-10(5)6(11)4-9/h1-2,4,11H,3H2. The second-order valence-corrected chi connectivity index (χ2v) is 2.69. The normalized spacial score (nSPS) is 16.1. The molecule has 2 heterocycles. The highest BCUT2D eigenvalue weighted by molar-refractivity contribution is 6.14. The third-order valence-electron chi connectivity index (χ3n) is 1.51. The highest BCUT2D eigenvalue weighted by atomic mass is 35.5. The van der Waals surface area contributed by atoms with Crippen LogP contribution in [0.1, 0.15) is 5.82 Å². The molecule has 2 rings (SSSR count). The Hall–Kier alpha value is -1.16. The number of nitrogens with zero attached hydrogens (tertiary/aromatic N) is 3. The Labute approximate surface area is 68.4 Å². The van der Waals surface area contributed by atoms with E-state index in [2.05, 4.69) is 4.98 Å². The number of rotatable bonds is 0. The number of aliphatic hydroxyl groups excluding tert-OH is 1. The quantitative estimate of drug-likeness (QED) is 0.596. The van der Waals surface area contributed by atoms with Crippen molar-refractivity contribution >= 4 is 17.7 Å². The number of imidazole rings is 1. The summed E-state index contributed by atoms with van der Waals surface area (Å²) < 4.78 is 2.94. The topological polar surface area (TPSA) is 41.3 Å². The van der Waals surface area contributed by atoms with Gasteiger partial charge in [-0.3, -0.25) is 8.99 Å². The Morgan fingerprint density at radius 3 is 3.27 bits per heavy atom. The van der Waals surface area contributed by atoms with Crippen molar-refractivity contribution in [2.24, 2.45) is 0 Å². The lowest BCUT2D eigenvalue weighted by atomic mass is 10.5. The van der Waals surface area contributed by atoms with Gasteiger partial charge in [-0.05, 0) is 0 Å². The van der Waals surface area contributed by atoms with Gasteiger partial charge in [-0.2, -0.15) is 0 Å². The average molecular weight is 172 g/mol. The number of aromatic nitrogens is 2. The molecule has 0 saturated carbocycles. The molecule has 1 aromatic rings. The van der Waals surface area contributed by atoms with E-state index in [-0.39, 0.29) is 5.88 Å². The fraction of sp³-hybridized carbons (Fsp3) is 0.167. The van der Waals surface area contributed by atoms with Crippen molar-refractivity contribution in [3.05, 3.63) is 24.4 Å². The van der Waals surface area contributed by atoms with Gasteiger partial charge in [0.15, 0.2) is 0 Å². The summed E-state index contributed by atoms with van der Waals surface area (Å²) in [7, 11) is 0. The van der Waals surface area contributed by atoms with Gasteiger partial charge in [-0.1, -0.05) is 0 Å². The number of hydrogen-bond acceptors (Lipinski definition) is 3. The Morgan fingerprint density at radius 1 is 1.64 bits per heavy atom. The van der Waals surface area contributed by atoms with E-state index in [4.69, 9.17) is 11.8 Å². The van der Waals surface area contributed by atoms with E-state index in [1.54, 1.807) is 17.0 Å². The minimum atomic E-state index is 0.0961. The molecule has 0 saturated heterocycles. The lowest BCUT2D eigenvalue weighted by molar-refractivity contribution is 0.420. The van der Waals surface area contributed by atoms with E-state index in [1.807, 2.05) is 0 Å². The van der Waals surface area contributed by atoms with Crippen molar-refractivity contribution in [3.63, 3.8) is 0 Å². The summed E-state index contributed by atoms with van der Waals surface area (Å²) in [6, 6.07) is 0. The highest BCUT2D eigenvalue weighted by Gasteiger charge is 2.14. The van der Waals surface area contributed by atoms with Crippen LogP contribution in [0, 0.1) is 0 Å². The van der Waals surface area contributed by atoms with Gasteiger partial charge >= 0.3 is 0 Å². The average Bonchev–Trinajstić information content (AvgIpc) is 2.34. The molecule has 0 aliphatic carbocycles. The third kappa shape index (κ3) is 0.952. The maximum absolute atomic E-state index is 9.28. The molecule has 0 atom stereocenters.